The Kier molecular flexibility index (Phi) is 2.86. The van der Waals surface area contributed by atoms with Crippen molar-refractivity contribution in [3.63, 3.8) is 0 Å². The van der Waals surface area contributed by atoms with Crippen LogP contribution in [-0.4, -0.2) is 27.9 Å². The number of piperidine rings is 1. The summed E-state index contributed by atoms with van der Waals surface area (Å²) >= 11 is 0. The minimum atomic E-state index is 0.135. The smallest absolute Gasteiger partial charge is 0.272 e. The van der Waals surface area contributed by atoms with Crippen LogP contribution in [0.25, 0.3) is 0 Å². The predicted molar refractivity (Wildman–Crippen MR) is 77.3 cm³/mol. The molecule has 3 fully saturated rings. The number of allylic oxidation sites excluding steroid dienone is 1. The fraction of sp³-hybridized carbons (Fsp3) is 0.529. The van der Waals surface area contributed by atoms with E-state index in [1.54, 1.807) is 17.3 Å². The fourth-order valence-electron chi connectivity index (χ4n) is 3.96. The second kappa shape index (κ2) is 4.72. The van der Waals surface area contributed by atoms with Gasteiger partial charge in [-0.3, -0.25) is 9.78 Å². The molecule has 3 nitrogen and oxygen atoms in total. The highest BCUT2D eigenvalue weighted by Crippen LogP contribution is 2.43. The zero-order chi connectivity index (χ0) is 13.5. The quantitative estimate of drug-likeness (QED) is 0.732. The van der Waals surface area contributed by atoms with Crippen LogP contribution in [0.5, 0.6) is 0 Å². The predicted octanol–water partition coefficient (Wildman–Crippen LogP) is 3.33. The molecule has 0 radical (unpaired) electrons. The summed E-state index contributed by atoms with van der Waals surface area (Å²) in [6.07, 6.45) is 10.3. The summed E-state index contributed by atoms with van der Waals surface area (Å²) < 4.78 is 0. The van der Waals surface area contributed by atoms with E-state index < -0.39 is 0 Å². The highest BCUT2D eigenvalue weighted by Gasteiger charge is 2.42. The molecule has 3 heterocycles. The van der Waals surface area contributed by atoms with Gasteiger partial charge in [0.1, 0.15) is 5.69 Å². The average molecular weight is 268 g/mol. The number of hydrogen-bond acceptors (Lipinski definition) is 2. The second-order valence-corrected chi connectivity index (χ2v) is 6.28. The largest absolute Gasteiger partial charge is 0.331 e. The Balaban J connectivity index is 1.58. The molecule has 1 saturated carbocycles. The Morgan fingerprint density at radius 2 is 1.85 bits per heavy atom. The lowest BCUT2D eigenvalue weighted by Crippen LogP contribution is -2.45. The number of carbonyl (C=O) groups excluding carboxylic acids is 1. The van der Waals surface area contributed by atoms with Gasteiger partial charge in [-0.15, -0.1) is 0 Å². The van der Waals surface area contributed by atoms with Crippen molar-refractivity contribution in [2.45, 2.75) is 57.0 Å². The molecule has 104 valence electrons. The van der Waals surface area contributed by atoms with Crippen molar-refractivity contribution in [3.05, 3.63) is 41.2 Å². The van der Waals surface area contributed by atoms with Gasteiger partial charge in [0.15, 0.2) is 0 Å². The van der Waals surface area contributed by atoms with Crippen molar-refractivity contribution < 1.29 is 4.79 Å². The normalized spacial score (nSPS) is 28.5. The highest BCUT2D eigenvalue weighted by molar-refractivity contribution is 5.93. The average Bonchev–Trinajstić information content (AvgIpc) is 2.68. The number of aromatic nitrogens is 1. The molecule has 1 aliphatic carbocycles. The molecule has 3 aliphatic rings. The van der Waals surface area contributed by atoms with E-state index in [0.717, 1.165) is 12.8 Å². The van der Waals surface area contributed by atoms with Crippen LogP contribution in [0, 0.1) is 0 Å². The molecule has 2 bridgehead atoms. The van der Waals surface area contributed by atoms with Gasteiger partial charge in [0, 0.05) is 18.3 Å². The summed E-state index contributed by atoms with van der Waals surface area (Å²) in [5, 5.41) is 0. The topological polar surface area (TPSA) is 33.2 Å². The molecule has 2 atom stereocenters. The monoisotopic (exact) mass is 268 g/mol. The van der Waals surface area contributed by atoms with E-state index in [1.165, 1.54) is 32.1 Å². The van der Waals surface area contributed by atoms with Crippen LogP contribution >= 0.6 is 0 Å². The van der Waals surface area contributed by atoms with Crippen molar-refractivity contribution in [3.8, 4) is 0 Å². The minimum Gasteiger partial charge on any atom is -0.331 e. The first-order valence-corrected chi connectivity index (χ1v) is 7.76. The Morgan fingerprint density at radius 3 is 2.40 bits per heavy atom. The Labute approximate surface area is 119 Å². The fourth-order valence-corrected chi connectivity index (χ4v) is 3.96. The molecular formula is C17H20N2O. The second-order valence-electron chi connectivity index (χ2n) is 6.28. The third-order valence-corrected chi connectivity index (χ3v) is 5.16. The molecule has 2 unspecified atom stereocenters. The van der Waals surface area contributed by atoms with Gasteiger partial charge in [0.2, 0.25) is 0 Å². The maximum absolute atomic E-state index is 12.7. The number of carbonyl (C=O) groups is 1. The lowest BCUT2D eigenvalue weighted by atomic mass is 9.82. The molecular weight excluding hydrogens is 248 g/mol. The van der Waals surface area contributed by atoms with E-state index in [2.05, 4.69) is 9.88 Å². The van der Waals surface area contributed by atoms with Crippen molar-refractivity contribution >= 4 is 5.91 Å². The van der Waals surface area contributed by atoms with Crippen LogP contribution < -0.4 is 0 Å². The first kappa shape index (κ1) is 12.1. The number of nitrogens with zero attached hydrogens (tertiary/aromatic N) is 2. The first-order chi connectivity index (χ1) is 9.83. The Bertz CT molecular complexity index is 542. The number of hydrogen-bond donors (Lipinski definition) is 0. The van der Waals surface area contributed by atoms with Gasteiger partial charge in [-0.2, -0.15) is 0 Å². The van der Waals surface area contributed by atoms with E-state index in [1.807, 2.05) is 18.2 Å². The molecule has 1 aromatic heterocycles. The number of pyridine rings is 1. The maximum atomic E-state index is 12.7. The zero-order valence-electron chi connectivity index (χ0n) is 11.7. The molecule has 2 saturated heterocycles. The molecule has 0 aromatic carbocycles. The van der Waals surface area contributed by atoms with Gasteiger partial charge in [-0.1, -0.05) is 17.2 Å². The molecule has 0 N–H and O–H groups in total. The zero-order valence-corrected chi connectivity index (χ0v) is 11.7. The van der Waals surface area contributed by atoms with E-state index in [9.17, 15) is 4.79 Å². The van der Waals surface area contributed by atoms with E-state index >= 15 is 0 Å². The number of amides is 1. The molecule has 1 amide bonds. The van der Waals surface area contributed by atoms with Gasteiger partial charge < -0.3 is 4.90 Å². The summed E-state index contributed by atoms with van der Waals surface area (Å²) in [5.74, 6) is 0.135. The Hall–Kier alpha value is -1.64. The van der Waals surface area contributed by atoms with Crippen LogP contribution in [-0.2, 0) is 0 Å². The van der Waals surface area contributed by atoms with Crippen molar-refractivity contribution in [1.82, 2.24) is 9.88 Å². The van der Waals surface area contributed by atoms with Gasteiger partial charge in [-0.25, -0.2) is 0 Å². The minimum absolute atomic E-state index is 0.135. The van der Waals surface area contributed by atoms with Gasteiger partial charge in [-0.05, 0) is 57.1 Å². The first-order valence-electron chi connectivity index (χ1n) is 7.76. The third kappa shape index (κ3) is 1.88. The molecule has 3 heteroatoms. The van der Waals surface area contributed by atoms with Gasteiger partial charge in [0.25, 0.3) is 5.91 Å². The summed E-state index contributed by atoms with van der Waals surface area (Å²) in [6.45, 7) is 0. The number of fused-ring (bicyclic) bond motifs is 2. The third-order valence-electron chi connectivity index (χ3n) is 5.16. The molecule has 4 rings (SSSR count). The summed E-state index contributed by atoms with van der Waals surface area (Å²) in [4.78, 5) is 19.0. The van der Waals surface area contributed by atoms with E-state index in [0.29, 0.717) is 17.8 Å². The van der Waals surface area contributed by atoms with Crippen molar-refractivity contribution in [2.24, 2.45) is 0 Å². The standard InChI is InChI=1S/C17H20N2O/c20-17(16-6-1-2-9-18-16)19-14-7-8-15(19)11-13(10-14)12-4-3-5-12/h1-2,6,9,14-15H,3-5,7-8,10-11H2. The van der Waals surface area contributed by atoms with Crippen LogP contribution in [0.1, 0.15) is 55.4 Å². The molecule has 2 aliphatic heterocycles. The molecule has 1 aromatic rings. The summed E-state index contributed by atoms with van der Waals surface area (Å²) in [5.41, 5.74) is 3.98. The summed E-state index contributed by atoms with van der Waals surface area (Å²) in [6, 6.07) is 6.44. The van der Waals surface area contributed by atoms with Gasteiger partial charge in [0.05, 0.1) is 0 Å². The maximum Gasteiger partial charge on any atom is 0.272 e. The lowest BCUT2D eigenvalue weighted by molar-refractivity contribution is 0.0626. The van der Waals surface area contributed by atoms with Crippen molar-refractivity contribution in [1.29, 1.82) is 0 Å². The summed E-state index contributed by atoms with van der Waals surface area (Å²) in [7, 11) is 0. The van der Waals surface area contributed by atoms with E-state index in [-0.39, 0.29) is 5.91 Å². The van der Waals surface area contributed by atoms with Crippen LogP contribution in [0.15, 0.2) is 35.5 Å². The van der Waals surface area contributed by atoms with Crippen molar-refractivity contribution in [2.75, 3.05) is 0 Å². The van der Waals surface area contributed by atoms with Crippen LogP contribution in [0.3, 0.4) is 0 Å². The highest BCUT2D eigenvalue weighted by atomic mass is 16.2. The van der Waals surface area contributed by atoms with Crippen LogP contribution in [0.2, 0.25) is 0 Å². The van der Waals surface area contributed by atoms with Crippen LogP contribution in [0.4, 0.5) is 0 Å². The molecule has 20 heavy (non-hydrogen) atoms. The van der Waals surface area contributed by atoms with Gasteiger partial charge >= 0.3 is 0 Å². The number of rotatable bonds is 1. The SMILES string of the molecule is O=C(c1ccccn1)N1C2CCC1CC(=C1CCC1)C2. The lowest BCUT2D eigenvalue weighted by Gasteiger charge is -2.38. The molecule has 0 spiro atoms. The van der Waals surface area contributed by atoms with E-state index in [4.69, 9.17) is 0 Å². The Morgan fingerprint density at radius 1 is 1.10 bits per heavy atom.